The first-order valence-electron chi connectivity index (χ1n) is 11.3. The van der Waals surface area contributed by atoms with Gasteiger partial charge >= 0.3 is 6.18 Å². The Hall–Kier alpha value is -3.47. The summed E-state index contributed by atoms with van der Waals surface area (Å²) in [5.74, 6) is 0.146. The van der Waals surface area contributed by atoms with Crippen LogP contribution in [0, 0.1) is 0 Å². The molecule has 2 aliphatic rings. The van der Waals surface area contributed by atoms with Gasteiger partial charge in [-0.2, -0.15) is 13.2 Å². The van der Waals surface area contributed by atoms with Crippen molar-refractivity contribution in [3.8, 4) is 17.0 Å². The van der Waals surface area contributed by atoms with E-state index in [0.29, 0.717) is 28.0 Å². The van der Waals surface area contributed by atoms with Crippen molar-refractivity contribution in [3.63, 3.8) is 0 Å². The summed E-state index contributed by atoms with van der Waals surface area (Å²) in [7, 11) is 2.08. The molecule has 3 aromatic rings. The number of halogens is 3. The van der Waals surface area contributed by atoms with E-state index in [4.69, 9.17) is 9.90 Å². The van der Waals surface area contributed by atoms with Crippen molar-refractivity contribution in [1.82, 2.24) is 20.1 Å². The average molecular weight is 489 g/mol. The van der Waals surface area contributed by atoms with Crippen LogP contribution in [0.5, 0.6) is 5.75 Å². The Morgan fingerprint density at radius 2 is 1.91 bits per heavy atom. The number of hydrogen-bond donors (Lipinski definition) is 3. The highest BCUT2D eigenvalue weighted by Gasteiger charge is 2.36. The van der Waals surface area contributed by atoms with Crippen molar-refractivity contribution in [3.05, 3.63) is 41.7 Å². The molecule has 0 unspecified atom stereocenters. The number of phenols is 1. The number of fused-ring (bicyclic) bond motifs is 1. The lowest BCUT2D eigenvalue weighted by atomic mass is 9.94. The number of likely N-dealkylation sites (N-methyl/N-ethyl adjacent to an activating group) is 1. The summed E-state index contributed by atoms with van der Waals surface area (Å²) >= 11 is 0. The molecule has 8 nitrogen and oxygen atoms in total. The molecule has 11 heteroatoms. The number of anilines is 1. The van der Waals surface area contributed by atoms with Gasteiger partial charge in [-0.3, -0.25) is 9.78 Å². The largest absolute Gasteiger partial charge is 0.507 e. The fraction of sp³-hybridized carbons (Fsp3) is 0.417. The van der Waals surface area contributed by atoms with Crippen LogP contribution in [0.25, 0.3) is 22.0 Å². The quantitative estimate of drug-likeness (QED) is 0.460. The summed E-state index contributed by atoms with van der Waals surface area (Å²) in [4.78, 5) is 14.8. The zero-order chi connectivity index (χ0) is 25.2. The Balaban J connectivity index is 0.000000917. The lowest BCUT2D eigenvalue weighted by Gasteiger charge is -2.30. The first-order chi connectivity index (χ1) is 16.7. The number of piperidine rings is 1. The van der Waals surface area contributed by atoms with Crippen molar-refractivity contribution in [2.45, 2.75) is 43.8 Å². The van der Waals surface area contributed by atoms with Gasteiger partial charge in [0, 0.05) is 41.3 Å². The van der Waals surface area contributed by atoms with E-state index in [0.717, 1.165) is 56.3 Å². The summed E-state index contributed by atoms with van der Waals surface area (Å²) in [6.07, 6.45) is 2.44. The predicted molar refractivity (Wildman–Crippen MR) is 124 cm³/mol. The number of nitrogens with one attached hydrogen (secondary N) is 1. The first kappa shape index (κ1) is 24.6. The van der Waals surface area contributed by atoms with Gasteiger partial charge < -0.3 is 20.4 Å². The van der Waals surface area contributed by atoms with Gasteiger partial charge in [0.05, 0.1) is 5.56 Å². The van der Waals surface area contributed by atoms with E-state index in [1.165, 1.54) is 0 Å². The number of rotatable bonds is 4. The summed E-state index contributed by atoms with van der Waals surface area (Å²) in [5, 5.41) is 31.2. The molecule has 2 aromatic heterocycles. The minimum Gasteiger partial charge on any atom is -0.507 e. The summed E-state index contributed by atoms with van der Waals surface area (Å²) in [5.41, 5.74) is 0.327. The van der Waals surface area contributed by atoms with E-state index in [9.17, 15) is 18.3 Å². The highest BCUT2D eigenvalue weighted by molar-refractivity contribution is 6.01. The van der Waals surface area contributed by atoms with Crippen LogP contribution in [0.2, 0.25) is 0 Å². The molecule has 1 saturated carbocycles. The van der Waals surface area contributed by atoms with E-state index in [-0.39, 0.29) is 18.4 Å². The second kappa shape index (κ2) is 10.0. The number of alkyl halides is 3. The number of hydrogen-bond acceptors (Lipinski definition) is 7. The number of benzene rings is 1. The lowest BCUT2D eigenvalue weighted by molar-refractivity contribution is -0.137. The number of phenolic OH excluding ortho intramolecular Hbond substituents is 1. The minimum atomic E-state index is -4.53. The van der Waals surface area contributed by atoms with Crippen molar-refractivity contribution in [2.24, 2.45) is 0 Å². The SMILES string of the molecule is CN1CCC[C@@H](Nc2nnc(-c3c(O)cc(C(F)(F)F)cc3C3CC3)c3ccncc23)C1.O=CO. The van der Waals surface area contributed by atoms with Crippen LogP contribution in [-0.2, 0) is 11.0 Å². The maximum atomic E-state index is 13.4. The maximum absolute atomic E-state index is 13.4. The van der Waals surface area contributed by atoms with E-state index in [1.807, 2.05) is 0 Å². The number of likely N-dealkylation sites (tertiary alicyclic amines) is 1. The zero-order valence-corrected chi connectivity index (χ0v) is 19.1. The second-order valence-corrected chi connectivity index (χ2v) is 8.90. The third-order valence-corrected chi connectivity index (χ3v) is 6.28. The standard InChI is InChI=1S/C23H24F3N5O.CH2O2/c1-31-8-2-3-15(12-31)28-22-18-11-27-7-6-16(18)21(29-30-22)20-17(13-4-5-13)9-14(10-19(20)32)23(24,25)26;2-1-3/h6-7,9-11,13,15,32H,2-5,8,12H2,1H3,(H,28,30);1H,(H,2,3)/t15-;/m1./s1. The van der Waals surface area contributed by atoms with Gasteiger partial charge in [0.25, 0.3) is 6.47 Å². The van der Waals surface area contributed by atoms with Gasteiger partial charge in [-0.25, -0.2) is 0 Å². The number of carbonyl (C=O) groups is 1. The molecule has 1 aliphatic heterocycles. The molecule has 1 aliphatic carbocycles. The van der Waals surface area contributed by atoms with Crippen molar-refractivity contribution < 1.29 is 28.2 Å². The van der Waals surface area contributed by atoms with Crippen molar-refractivity contribution in [1.29, 1.82) is 0 Å². The van der Waals surface area contributed by atoms with Crippen LogP contribution in [0.3, 0.4) is 0 Å². The van der Waals surface area contributed by atoms with Gasteiger partial charge in [-0.1, -0.05) is 0 Å². The number of pyridine rings is 1. The molecule has 0 radical (unpaired) electrons. The van der Waals surface area contributed by atoms with Crippen LogP contribution in [0.4, 0.5) is 19.0 Å². The summed E-state index contributed by atoms with van der Waals surface area (Å²) in [6, 6.07) is 3.91. The molecule has 35 heavy (non-hydrogen) atoms. The topological polar surface area (TPSA) is 111 Å². The molecule has 0 spiro atoms. The second-order valence-electron chi connectivity index (χ2n) is 8.90. The third-order valence-electron chi connectivity index (χ3n) is 6.28. The molecule has 1 saturated heterocycles. The summed E-state index contributed by atoms with van der Waals surface area (Å²) in [6.45, 7) is 1.69. The molecule has 1 atom stereocenters. The normalized spacial score (nSPS) is 18.6. The number of aromatic hydroxyl groups is 1. The Morgan fingerprint density at radius 1 is 1.17 bits per heavy atom. The third kappa shape index (κ3) is 5.45. The molecule has 0 bridgehead atoms. The fourth-order valence-corrected chi connectivity index (χ4v) is 4.55. The molecule has 1 aromatic carbocycles. The van der Waals surface area contributed by atoms with E-state index >= 15 is 0 Å². The summed E-state index contributed by atoms with van der Waals surface area (Å²) < 4.78 is 40.1. The minimum absolute atomic E-state index is 0.0209. The average Bonchev–Trinajstić information content (AvgIpc) is 3.65. The molecule has 5 rings (SSSR count). The van der Waals surface area contributed by atoms with Crippen molar-refractivity contribution >= 4 is 23.1 Å². The number of carboxylic acid groups (broad SMARTS) is 1. The van der Waals surface area contributed by atoms with Gasteiger partial charge in [0.15, 0.2) is 5.82 Å². The van der Waals surface area contributed by atoms with Crippen LogP contribution < -0.4 is 5.32 Å². The van der Waals surface area contributed by atoms with Gasteiger partial charge in [0.2, 0.25) is 0 Å². The highest BCUT2D eigenvalue weighted by atomic mass is 19.4. The number of nitrogens with zero attached hydrogens (tertiary/aromatic N) is 4. The molecule has 2 fully saturated rings. The smallest absolute Gasteiger partial charge is 0.416 e. The number of aromatic nitrogens is 3. The van der Waals surface area contributed by atoms with Crippen LogP contribution in [-0.4, -0.2) is 62.9 Å². The monoisotopic (exact) mass is 489 g/mol. The Bertz CT molecular complexity index is 1220. The molecule has 3 N–H and O–H groups in total. The molecule has 0 amide bonds. The maximum Gasteiger partial charge on any atom is 0.416 e. The van der Waals surface area contributed by atoms with Gasteiger partial charge in [-0.05, 0) is 69.0 Å². The van der Waals surface area contributed by atoms with Crippen molar-refractivity contribution in [2.75, 3.05) is 25.5 Å². The molecular weight excluding hydrogens is 463 g/mol. The van der Waals surface area contributed by atoms with Gasteiger partial charge in [-0.15, -0.1) is 10.2 Å². The zero-order valence-electron chi connectivity index (χ0n) is 19.1. The Kier molecular flexibility index (Phi) is 7.06. The van der Waals surface area contributed by atoms with E-state index < -0.39 is 17.5 Å². The van der Waals surface area contributed by atoms with E-state index in [2.05, 4.69) is 32.4 Å². The van der Waals surface area contributed by atoms with Crippen LogP contribution in [0.15, 0.2) is 30.6 Å². The predicted octanol–water partition coefficient (Wildman–Crippen LogP) is 4.50. The highest BCUT2D eigenvalue weighted by Crippen LogP contribution is 2.50. The Morgan fingerprint density at radius 3 is 2.57 bits per heavy atom. The fourth-order valence-electron chi connectivity index (χ4n) is 4.55. The van der Waals surface area contributed by atoms with E-state index in [1.54, 1.807) is 18.5 Å². The lowest BCUT2D eigenvalue weighted by Crippen LogP contribution is -2.40. The van der Waals surface area contributed by atoms with Gasteiger partial charge in [0.1, 0.15) is 11.4 Å². The molecule has 186 valence electrons. The van der Waals surface area contributed by atoms with Crippen LogP contribution >= 0.6 is 0 Å². The Labute approximate surface area is 199 Å². The molecule has 3 heterocycles. The van der Waals surface area contributed by atoms with Crippen LogP contribution in [0.1, 0.15) is 42.7 Å². The first-order valence-corrected chi connectivity index (χ1v) is 11.3. The molecular formula is C24H26F3N5O3.